The molecule has 0 bridgehead atoms. The van der Waals surface area contributed by atoms with Gasteiger partial charge in [0.05, 0.1) is 27.8 Å². The van der Waals surface area contributed by atoms with E-state index in [9.17, 15) is 18.0 Å². The summed E-state index contributed by atoms with van der Waals surface area (Å²) in [5.41, 5.74) is 1.74. The summed E-state index contributed by atoms with van der Waals surface area (Å²) >= 11 is 6.23. The minimum atomic E-state index is -3.82. The second kappa shape index (κ2) is 9.84. The summed E-state index contributed by atoms with van der Waals surface area (Å²) in [6, 6.07) is 17.0. The topological polar surface area (TPSA) is 102 Å². The van der Waals surface area contributed by atoms with Crippen LogP contribution in [-0.4, -0.2) is 26.9 Å². The lowest BCUT2D eigenvalue weighted by Crippen LogP contribution is -2.16. The quantitative estimate of drug-likeness (QED) is 0.477. The van der Waals surface area contributed by atoms with Crippen molar-refractivity contribution in [2.24, 2.45) is 0 Å². The normalized spacial score (nSPS) is 11.0. The Morgan fingerprint density at radius 3 is 2.34 bits per heavy atom. The van der Waals surface area contributed by atoms with Crippen LogP contribution in [0.4, 0.5) is 11.4 Å². The van der Waals surface area contributed by atoms with E-state index in [0.717, 1.165) is 0 Å². The van der Waals surface area contributed by atoms with Crippen molar-refractivity contribution in [2.45, 2.75) is 18.7 Å². The van der Waals surface area contributed by atoms with E-state index in [2.05, 4.69) is 10.0 Å². The molecule has 3 aromatic carbocycles. The first-order valence-electron chi connectivity index (χ1n) is 9.68. The Morgan fingerprint density at radius 1 is 0.969 bits per heavy atom. The summed E-state index contributed by atoms with van der Waals surface area (Å²) in [4.78, 5) is 24.9. The molecule has 0 radical (unpaired) electrons. The van der Waals surface area contributed by atoms with Crippen LogP contribution in [0.5, 0.6) is 0 Å². The number of benzene rings is 3. The number of sulfonamides is 1. The van der Waals surface area contributed by atoms with Gasteiger partial charge < -0.3 is 10.1 Å². The molecule has 0 saturated heterocycles. The van der Waals surface area contributed by atoms with Gasteiger partial charge in [-0.1, -0.05) is 35.9 Å². The number of hydrogen-bond acceptors (Lipinski definition) is 5. The predicted molar refractivity (Wildman–Crippen MR) is 124 cm³/mol. The molecule has 2 N–H and O–H groups in total. The van der Waals surface area contributed by atoms with Gasteiger partial charge in [-0.25, -0.2) is 13.2 Å². The molecule has 1 amide bonds. The Kier molecular flexibility index (Phi) is 7.17. The van der Waals surface area contributed by atoms with Crippen LogP contribution in [0.25, 0.3) is 0 Å². The SMILES string of the molecule is CCOC(=O)c1cccc(NC(=O)c2ccc(NS(=O)(=O)c3ccccc3)c(Cl)c2)c1C. The van der Waals surface area contributed by atoms with Gasteiger partial charge in [-0.15, -0.1) is 0 Å². The number of ether oxygens (including phenoxy) is 1. The Bertz CT molecular complexity index is 1260. The summed E-state index contributed by atoms with van der Waals surface area (Å²) in [7, 11) is -3.82. The molecular formula is C23H21ClN2O5S. The fourth-order valence-electron chi connectivity index (χ4n) is 2.94. The molecule has 3 aromatic rings. The van der Waals surface area contributed by atoms with Crippen LogP contribution in [0.15, 0.2) is 71.6 Å². The summed E-state index contributed by atoms with van der Waals surface area (Å²) in [6.45, 7) is 3.66. The third-order valence-corrected chi connectivity index (χ3v) is 6.30. The maximum Gasteiger partial charge on any atom is 0.338 e. The average molecular weight is 473 g/mol. The number of nitrogens with one attached hydrogen (secondary N) is 2. The lowest BCUT2D eigenvalue weighted by Gasteiger charge is -2.13. The third kappa shape index (κ3) is 5.27. The monoisotopic (exact) mass is 472 g/mol. The van der Waals surface area contributed by atoms with E-state index in [1.807, 2.05) is 0 Å². The van der Waals surface area contributed by atoms with Gasteiger partial charge in [0.15, 0.2) is 0 Å². The first-order valence-corrected chi connectivity index (χ1v) is 11.5. The van der Waals surface area contributed by atoms with Crippen LogP contribution in [0.3, 0.4) is 0 Å². The van der Waals surface area contributed by atoms with E-state index >= 15 is 0 Å². The lowest BCUT2D eigenvalue weighted by atomic mass is 10.1. The van der Waals surface area contributed by atoms with Crippen LogP contribution >= 0.6 is 11.6 Å². The highest BCUT2D eigenvalue weighted by Crippen LogP contribution is 2.27. The second-order valence-corrected chi connectivity index (χ2v) is 8.86. The Hall–Kier alpha value is -3.36. The number of halogens is 1. The average Bonchev–Trinajstić information content (AvgIpc) is 2.77. The van der Waals surface area contributed by atoms with Crippen LogP contribution in [-0.2, 0) is 14.8 Å². The minimum Gasteiger partial charge on any atom is -0.462 e. The maximum absolute atomic E-state index is 12.7. The van der Waals surface area contributed by atoms with Crippen molar-refractivity contribution in [1.29, 1.82) is 0 Å². The number of amides is 1. The first kappa shape index (κ1) is 23.3. The summed E-state index contributed by atoms with van der Waals surface area (Å²) in [5, 5.41) is 2.80. The molecule has 32 heavy (non-hydrogen) atoms. The lowest BCUT2D eigenvalue weighted by molar-refractivity contribution is 0.0525. The van der Waals surface area contributed by atoms with Gasteiger partial charge in [0, 0.05) is 11.3 Å². The summed E-state index contributed by atoms with van der Waals surface area (Å²) in [5.74, 6) is -0.937. The maximum atomic E-state index is 12.7. The van der Waals surface area contributed by atoms with Gasteiger partial charge >= 0.3 is 5.97 Å². The smallest absolute Gasteiger partial charge is 0.338 e. The number of hydrogen-bond donors (Lipinski definition) is 2. The molecular weight excluding hydrogens is 452 g/mol. The fourth-order valence-corrected chi connectivity index (χ4v) is 4.32. The Morgan fingerprint density at radius 2 is 1.69 bits per heavy atom. The molecule has 3 rings (SSSR count). The van der Waals surface area contributed by atoms with Crippen LogP contribution in [0.1, 0.15) is 33.2 Å². The molecule has 0 spiro atoms. The van der Waals surface area contributed by atoms with Crippen LogP contribution in [0.2, 0.25) is 5.02 Å². The zero-order valence-electron chi connectivity index (χ0n) is 17.4. The molecule has 0 saturated carbocycles. The summed E-state index contributed by atoms with van der Waals surface area (Å²) < 4.78 is 32.4. The second-order valence-electron chi connectivity index (χ2n) is 6.77. The highest BCUT2D eigenvalue weighted by atomic mass is 35.5. The molecule has 0 heterocycles. The number of anilines is 2. The standard InChI is InChI=1S/C23H21ClN2O5S/c1-3-31-23(28)18-10-7-11-20(15(18)2)25-22(27)16-12-13-21(19(24)14-16)26-32(29,30)17-8-5-4-6-9-17/h4-14,26H,3H2,1-2H3,(H,25,27). The van der Waals surface area contributed by atoms with Crippen molar-refractivity contribution >= 4 is 44.9 Å². The van der Waals surface area contributed by atoms with Crippen molar-refractivity contribution < 1.29 is 22.7 Å². The molecule has 7 nitrogen and oxygen atoms in total. The van der Waals surface area contributed by atoms with Gasteiger partial charge in [0.2, 0.25) is 0 Å². The van der Waals surface area contributed by atoms with Crippen molar-refractivity contribution in [3.8, 4) is 0 Å². The van der Waals surface area contributed by atoms with E-state index in [1.165, 1.54) is 30.3 Å². The molecule has 166 valence electrons. The van der Waals surface area contributed by atoms with Gasteiger partial charge in [-0.3, -0.25) is 9.52 Å². The molecule has 0 fully saturated rings. The third-order valence-electron chi connectivity index (χ3n) is 4.61. The number of carbonyl (C=O) groups excluding carboxylic acids is 2. The van der Waals surface area contributed by atoms with Crippen LogP contribution in [0, 0.1) is 6.92 Å². The first-order chi connectivity index (χ1) is 15.2. The van der Waals surface area contributed by atoms with Gasteiger partial charge in [0.1, 0.15) is 0 Å². The highest BCUT2D eigenvalue weighted by Gasteiger charge is 2.18. The fraction of sp³-hybridized carbons (Fsp3) is 0.130. The van der Waals surface area contributed by atoms with Crippen molar-refractivity contribution in [1.82, 2.24) is 0 Å². The number of esters is 1. The highest BCUT2D eigenvalue weighted by molar-refractivity contribution is 7.92. The van der Waals surface area contributed by atoms with E-state index in [4.69, 9.17) is 16.3 Å². The molecule has 0 aromatic heterocycles. The van der Waals surface area contributed by atoms with E-state index in [-0.39, 0.29) is 27.8 Å². The molecule has 0 aliphatic heterocycles. The molecule has 0 atom stereocenters. The largest absolute Gasteiger partial charge is 0.462 e. The van der Waals surface area contributed by atoms with Crippen LogP contribution < -0.4 is 10.0 Å². The van der Waals surface area contributed by atoms with Gasteiger partial charge in [0.25, 0.3) is 15.9 Å². The number of carbonyl (C=O) groups is 2. The minimum absolute atomic E-state index is 0.0640. The van der Waals surface area contributed by atoms with Gasteiger partial charge in [-0.2, -0.15) is 0 Å². The predicted octanol–water partition coefficient (Wildman–Crippen LogP) is 4.88. The molecule has 0 aliphatic carbocycles. The Labute approximate surface area is 191 Å². The Balaban J connectivity index is 1.79. The zero-order chi connectivity index (χ0) is 23.3. The summed E-state index contributed by atoms with van der Waals surface area (Å²) in [6.07, 6.45) is 0. The van der Waals surface area contributed by atoms with E-state index in [1.54, 1.807) is 50.2 Å². The van der Waals surface area contributed by atoms with Crippen molar-refractivity contribution in [2.75, 3.05) is 16.6 Å². The number of rotatable bonds is 7. The molecule has 9 heteroatoms. The van der Waals surface area contributed by atoms with Crippen molar-refractivity contribution in [3.63, 3.8) is 0 Å². The molecule has 0 aliphatic rings. The molecule has 0 unspecified atom stereocenters. The van der Waals surface area contributed by atoms with E-state index in [0.29, 0.717) is 16.8 Å². The van der Waals surface area contributed by atoms with Gasteiger partial charge in [-0.05, 0) is 61.9 Å². The zero-order valence-corrected chi connectivity index (χ0v) is 19.0. The van der Waals surface area contributed by atoms with Crippen molar-refractivity contribution in [3.05, 3.63) is 88.4 Å². The van der Waals surface area contributed by atoms with E-state index < -0.39 is 21.9 Å².